The van der Waals surface area contributed by atoms with E-state index < -0.39 is 11.8 Å². The van der Waals surface area contributed by atoms with Gasteiger partial charge in [-0.2, -0.15) is 0 Å². The second-order valence-electron chi connectivity index (χ2n) is 4.38. The van der Waals surface area contributed by atoms with Crippen LogP contribution in [-0.2, 0) is 9.59 Å². The van der Waals surface area contributed by atoms with E-state index >= 15 is 0 Å². The molecule has 1 aliphatic heterocycles. The van der Waals surface area contributed by atoms with E-state index in [0.717, 1.165) is 0 Å². The van der Waals surface area contributed by atoms with E-state index in [4.69, 9.17) is 15.2 Å². The van der Waals surface area contributed by atoms with Crippen molar-refractivity contribution in [1.29, 1.82) is 0 Å². The SMILES string of the molecule is COc1cc(OC)cc(N2CC(C(N)=O)CC2=O)c1. The van der Waals surface area contributed by atoms with Crippen molar-refractivity contribution >= 4 is 17.5 Å². The Hall–Kier alpha value is -2.24. The molecule has 1 atom stereocenters. The Morgan fingerprint density at radius 3 is 2.26 bits per heavy atom. The molecule has 6 heteroatoms. The zero-order valence-corrected chi connectivity index (χ0v) is 10.9. The number of primary amides is 1. The minimum atomic E-state index is -0.453. The van der Waals surface area contributed by atoms with Gasteiger partial charge in [0.2, 0.25) is 11.8 Å². The highest BCUT2D eigenvalue weighted by Crippen LogP contribution is 2.32. The molecule has 1 unspecified atom stereocenters. The summed E-state index contributed by atoms with van der Waals surface area (Å²) in [7, 11) is 3.08. The van der Waals surface area contributed by atoms with Crippen LogP contribution in [0.4, 0.5) is 5.69 Å². The molecule has 2 amide bonds. The van der Waals surface area contributed by atoms with Crippen LogP contribution in [0, 0.1) is 5.92 Å². The van der Waals surface area contributed by atoms with Gasteiger partial charge in [0.1, 0.15) is 11.5 Å². The molecule has 1 aromatic carbocycles. The van der Waals surface area contributed by atoms with E-state index in [-0.39, 0.29) is 12.3 Å². The van der Waals surface area contributed by atoms with Crippen LogP contribution in [0.25, 0.3) is 0 Å². The second kappa shape index (κ2) is 5.17. The van der Waals surface area contributed by atoms with Crippen molar-refractivity contribution < 1.29 is 19.1 Å². The Balaban J connectivity index is 2.31. The summed E-state index contributed by atoms with van der Waals surface area (Å²) in [5.41, 5.74) is 5.89. The van der Waals surface area contributed by atoms with Gasteiger partial charge in [-0.15, -0.1) is 0 Å². The largest absolute Gasteiger partial charge is 0.497 e. The van der Waals surface area contributed by atoms with E-state index in [1.54, 1.807) is 18.2 Å². The van der Waals surface area contributed by atoms with Crippen molar-refractivity contribution in [3.63, 3.8) is 0 Å². The van der Waals surface area contributed by atoms with Crippen molar-refractivity contribution in [3.8, 4) is 11.5 Å². The smallest absolute Gasteiger partial charge is 0.227 e. The number of carbonyl (C=O) groups excluding carboxylic acids is 2. The number of rotatable bonds is 4. The van der Waals surface area contributed by atoms with Gasteiger partial charge >= 0.3 is 0 Å². The van der Waals surface area contributed by atoms with Crippen molar-refractivity contribution in [1.82, 2.24) is 0 Å². The van der Waals surface area contributed by atoms with Gasteiger partial charge < -0.3 is 20.1 Å². The lowest BCUT2D eigenvalue weighted by atomic mass is 10.1. The lowest BCUT2D eigenvalue weighted by Gasteiger charge is -2.18. The van der Waals surface area contributed by atoms with Crippen molar-refractivity contribution in [3.05, 3.63) is 18.2 Å². The maximum atomic E-state index is 11.9. The molecule has 2 rings (SSSR count). The first-order valence-electron chi connectivity index (χ1n) is 5.88. The quantitative estimate of drug-likeness (QED) is 0.860. The van der Waals surface area contributed by atoms with Gasteiger partial charge in [-0.1, -0.05) is 0 Å². The van der Waals surface area contributed by atoms with Gasteiger partial charge in [0.25, 0.3) is 0 Å². The Morgan fingerprint density at radius 2 is 1.84 bits per heavy atom. The molecule has 2 N–H and O–H groups in total. The maximum absolute atomic E-state index is 11.9. The Morgan fingerprint density at radius 1 is 1.26 bits per heavy atom. The van der Waals surface area contributed by atoms with Crippen LogP contribution in [0.2, 0.25) is 0 Å². The van der Waals surface area contributed by atoms with Crippen molar-refractivity contribution in [2.45, 2.75) is 6.42 Å². The average Bonchev–Trinajstić information content (AvgIpc) is 2.80. The van der Waals surface area contributed by atoms with Crippen LogP contribution in [0.5, 0.6) is 11.5 Å². The monoisotopic (exact) mass is 264 g/mol. The molecule has 1 fully saturated rings. The van der Waals surface area contributed by atoms with Crippen LogP contribution in [-0.4, -0.2) is 32.6 Å². The highest BCUT2D eigenvalue weighted by atomic mass is 16.5. The molecule has 1 heterocycles. The standard InChI is InChI=1S/C13H16N2O4/c1-18-10-4-9(5-11(6-10)19-2)15-7-8(13(14)17)3-12(15)16/h4-6,8H,3,7H2,1-2H3,(H2,14,17). The van der Waals surface area contributed by atoms with Crippen LogP contribution >= 0.6 is 0 Å². The van der Waals surface area contributed by atoms with E-state index in [1.165, 1.54) is 19.1 Å². The van der Waals surface area contributed by atoms with Crippen LogP contribution in [0.3, 0.4) is 0 Å². The number of hydrogen-bond donors (Lipinski definition) is 1. The van der Waals surface area contributed by atoms with Gasteiger partial charge in [-0.3, -0.25) is 9.59 Å². The van der Waals surface area contributed by atoms with Gasteiger partial charge in [-0.25, -0.2) is 0 Å². The molecule has 0 spiro atoms. The molecule has 6 nitrogen and oxygen atoms in total. The number of benzene rings is 1. The number of methoxy groups -OCH3 is 2. The number of hydrogen-bond acceptors (Lipinski definition) is 4. The van der Waals surface area contributed by atoms with Gasteiger partial charge in [0.15, 0.2) is 0 Å². The maximum Gasteiger partial charge on any atom is 0.227 e. The summed E-state index contributed by atoms with van der Waals surface area (Å²) in [5, 5.41) is 0. The lowest BCUT2D eigenvalue weighted by molar-refractivity contribution is -0.123. The molecule has 102 valence electrons. The number of amides is 2. The molecule has 0 bridgehead atoms. The summed E-state index contributed by atoms with van der Waals surface area (Å²) in [6, 6.07) is 5.17. The van der Waals surface area contributed by atoms with Crippen molar-refractivity contribution in [2.75, 3.05) is 25.7 Å². The fourth-order valence-electron chi connectivity index (χ4n) is 2.10. The van der Waals surface area contributed by atoms with E-state index in [0.29, 0.717) is 23.7 Å². The topological polar surface area (TPSA) is 81.9 Å². The molecule has 0 aromatic heterocycles. The molecular weight excluding hydrogens is 248 g/mol. The first-order chi connectivity index (χ1) is 9.05. The average molecular weight is 264 g/mol. The van der Waals surface area contributed by atoms with Crippen molar-refractivity contribution in [2.24, 2.45) is 11.7 Å². The zero-order chi connectivity index (χ0) is 14.0. The highest BCUT2D eigenvalue weighted by Gasteiger charge is 2.34. The fourth-order valence-corrected chi connectivity index (χ4v) is 2.10. The number of nitrogens with two attached hydrogens (primary N) is 1. The third-order valence-electron chi connectivity index (χ3n) is 3.18. The Kier molecular flexibility index (Phi) is 3.59. The highest BCUT2D eigenvalue weighted by molar-refractivity contribution is 6.00. The number of ether oxygens (including phenoxy) is 2. The number of anilines is 1. The third kappa shape index (κ3) is 2.62. The van der Waals surface area contributed by atoms with Gasteiger partial charge in [0, 0.05) is 31.2 Å². The summed E-state index contributed by atoms with van der Waals surface area (Å²) in [4.78, 5) is 24.6. The minimum absolute atomic E-state index is 0.126. The summed E-state index contributed by atoms with van der Waals surface area (Å²) in [6.45, 7) is 0.296. The first-order valence-corrected chi connectivity index (χ1v) is 5.88. The fraction of sp³-hybridized carbons (Fsp3) is 0.385. The summed E-state index contributed by atoms with van der Waals surface area (Å²) < 4.78 is 10.3. The minimum Gasteiger partial charge on any atom is -0.497 e. The molecular formula is C13H16N2O4. The molecule has 19 heavy (non-hydrogen) atoms. The normalized spacial score (nSPS) is 18.5. The predicted octanol–water partition coefficient (Wildman–Crippen LogP) is 0.542. The predicted molar refractivity (Wildman–Crippen MR) is 69.2 cm³/mol. The Labute approximate surface area is 111 Å². The van der Waals surface area contributed by atoms with Gasteiger partial charge in [0.05, 0.1) is 25.8 Å². The molecule has 1 saturated heterocycles. The van der Waals surface area contributed by atoms with E-state index in [9.17, 15) is 9.59 Å². The van der Waals surface area contributed by atoms with E-state index in [2.05, 4.69) is 0 Å². The lowest BCUT2D eigenvalue weighted by Crippen LogP contribution is -2.28. The molecule has 0 aliphatic carbocycles. The van der Waals surface area contributed by atoms with Crippen LogP contribution < -0.4 is 20.1 Å². The summed E-state index contributed by atoms with van der Waals surface area (Å²) in [6.07, 6.45) is 0.148. The third-order valence-corrected chi connectivity index (χ3v) is 3.18. The van der Waals surface area contributed by atoms with Crippen LogP contribution in [0.1, 0.15) is 6.42 Å². The Bertz CT molecular complexity index is 493. The second-order valence-corrected chi connectivity index (χ2v) is 4.38. The zero-order valence-electron chi connectivity index (χ0n) is 10.9. The summed E-state index contributed by atoms with van der Waals surface area (Å²) >= 11 is 0. The first kappa shape index (κ1) is 13.2. The number of nitrogens with zero attached hydrogens (tertiary/aromatic N) is 1. The number of carbonyl (C=O) groups is 2. The molecule has 1 aliphatic rings. The molecule has 1 aromatic rings. The summed E-state index contributed by atoms with van der Waals surface area (Å²) in [5.74, 6) is 0.156. The van der Waals surface area contributed by atoms with Crippen LogP contribution in [0.15, 0.2) is 18.2 Å². The molecule has 0 saturated carbocycles. The molecule has 0 radical (unpaired) electrons. The van der Waals surface area contributed by atoms with Gasteiger partial charge in [-0.05, 0) is 0 Å². The van der Waals surface area contributed by atoms with E-state index in [1.807, 2.05) is 0 Å².